The summed E-state index contributed by atoms with van der Waals surface area (Å²) in [6.45, 7) is 6.79. The summed E-state index contributed by atoms with van der Waals surface area (Å²) < 4.78 is 10.9. The molecule has 0 saturated carbocycles. The highest BCUT2D eigenvalue weighted by Crippen LogP contribution is 2.27. The van der Waals surface area contributed by atoms with E-state index >= 15 is 0 Å². The van der Waals surface area contributed by atoms with E-state index in [0.717, 1.165) is 24.6 Å². The zero-order valence-electron chi connectivity index (χ0n) is 12.4. The van der Waals surface area contributed by atoms with Crippen molar-refractivity contribution in [2.45, 2.75) is 32.1 Å². The molecule has 0 aliphatic rings. The van der Waals surface area contributed by atoms with Crippen molar-refractivity contribution >= 4 is 11.8 Å². The van der Waals surface area contributed by atoms with Crippen molar-refractivity contribution in [3.63, 3.8) is 0 Å². The molecular weight excluding hydrogens is 258 g/mol. The maximum Gasteiger partial charge on any atom is 0.161 e. The van der Waals surface area contributed by atoms with E-state index in [-0.39, 0.29) is 0 Å². The van der Waals surface area contributed by atoms with Crippen LogP contribution in [0.2, 0.25) is 0 Å². The molecule has 4 heteroatoms. The normalized spacial score (nSPS) is 12.2. The number of nitrogens with one attached hydrogen (secondary N) is 1. The molecule has 1 aromatic carbocycles. The Morgan fingerprint density at radius 3 is 2.74 bits per heavy atom. The lowest BCUT2D eigenvalue weighted by Crippen LogP contribution is -2.17. The summed E-state index contributed by atoms with van der Waals surface area (Å²) in [4.78, 5) is 0. The van der Waals surface area contributed by atoms with Gasteiger partial charge in [-0.1, -0.05) is 13.0 Å². The fourth-order valence-electron chi connectivity index (χ4n) is 1.75. The van der Waals surface area contributed by atoms with E-state index in [4.69, 9.17) is 9.47 Å². The Morgan fingerprint density at radius 1 is 1.32 bits per heavy atom. The van der Waals surface area contributed by atoms with Crippen molar-refractivity contribution in [1.29, 1.82) is 0 Å². The number of hydrogen-bond acceptors (Lipinski definition) is 4. The van der Waals surface area contributed by atoms with Crippen molar-refractivity contribution in [3.05, 3.63) is 23.8 Å². The second kappa shape index (κ2) is 9.10. The van der Waals surface area contributed by atoms with Crippen LogP contribution in [-0.2, 0) is 6.54 Å². The third-order valence-corrected chi connectivity index (χ3v) is 4.03. The van der Waals surface area contributed by atoms with Gasteiger partial charge in [0, 0.05) is 11.8 Å². The lowest BCUT2D eigenvalue weighted by atomic mass is 10.2. The van der Waals surface area contributed by atoms with Gasteiger partial charge in [0.05, 0.1) is 13.7 Å². The van der Waals surface area contributed by atoms with Gasteiger partial charge in [0.15, 0.2) is 11.5 Å². The molecule has 0 aromatic heterocycles. The maximum atomic E-state index is 5.51. The van der Waals surface area contributed by atoms with Crippen molar-refractivity contribution in [1.82, 2.24) is 5.32 Å². The third kappa shape index (κ3) is 5.74. The highest BCUT2D eigenvalue weighted by molar-refractivity contribution is 7.99. The fraction of sp³-hybridized carbons (Fsp3) is 0.600. The van der Waals surface area contributed by atoms with Gasteiger partial charge in [-0.2, -0.15) is 11.8 Å². The van der Waals surface area contributed by atoms with Gasteiger partial charge in [0.2, 0.25) is 0 Å². The minimum Gasteiger partial charge on any atom is -0.493 e. The van der Waals surface area contributed by atoms with Crippen molar-refractivity contribution in [2.75, 3.05) is 26.5 Å². The summed E-state index contributed by atoms with van der Waals surface area (Å²) in [5, 5.41) is 4.17. The van der Waals surface area contributed by atoms with E-state index in [1.807, 2.05) is 30.8 Å². The number of thioether (sulfide) groups is 1. The smallest absolute Gasteiger partial charge is 0.161 e. The van der Waals surface area contributed by atoms with E-state index < -0.39 is 0 Å². The molecular formula is C15H25NO2S. The molecule has 0 saturated heterocycles. The third-order valence-electron chi connectivity index (χ3n) is 2.99. The number of hydrogen-bond donors (Lipinski definition) is 1. The van der Waals surface area contributed by atoms with Crippen LogP contribution in [0, 0.1) is 0 Å². The Labute approximate surface area is 121 Å². The molecule has 1 unspecified atom stereocenters. The Kier molecular flexibility index (Phi) is 7.75. The molecule has 0 aliphatic heterocycles. The van der Waals surface area contributed by atoms with E-state index in [0.29, 0.717) is 11.9 Å². The molecule has 3 nitrogen and oxygen atoms in total. The Bertz CT molecular complexity index is 371. The van der Waals surface area contributed by atoms with Gasteiger partial charge in [-0.3, -0.25) is 0 Å². The second-order valence-electron chi connectivity index (χ2n) is 4.43. The van der Waals surface area contributed by atoms with Gasteiger partial charge in [0.1, 0.15) is 0 Å². The topological polar surface area (TPSA) is 30.5 Å². The molecule has 1 aromatic rings. The van der Waals surface area contributed by atoms with Gasteiger partial charge in [-0.15, -0.1) is 0 Å². The zero-order valence-corrected chi connectivity index (χ0v) is 13.2. The predicted octanol–water partition coefficient (Wildman–Crippen LogP) is 3.33. The number of methoxy groups -OCH3 is 1. The molecule has 0 bridgehead atoms. The molecule has 1 N–H and O–H groups in total. The van der Waals surface area contributed by atoms with Crippen LogP contribution >= 0.6 is 11.8 Å². The number of rotatable bonds is 9. The van der Waals surface area contributed by atoms with Crippen molar-refractivity contribution in [2.24, 2.45) is 0 Å². The number of benzene rings is 1. The number of ether oxygens (including phenoxy) is 2. The van der Waals surface area contributed by atoms with Gasteiger partial charge in [-0.25, -0.2) is 0 Å². The lowest BCUT2D eigenvalue weighted by Gasteiger charge is -2.12. The Hall–Kier alpha value is -0.870. The summed E-state index contributed by atoms with van der Waals surface area (Å²) in [5.74, 6) is 1.61. The largest absolute Gasteiger partial charge is 0.493 e. The average Bonchev–Trinajstić information content (AvgIpc) is 2.44. The average molecular weight is 283 g/mol. The zero-order chi connectivity index (χ0) is 14.1. The molecule has 19 heavy (non-hydrogen) atoms. The molecule has 1 rings (SSSR count). The SMILES string of the molecule is CCOc1ccc(CNCCC(C)SC)cc1OC. The maximum absolute atomic E-state index is 5.51. The fourth-order valence-corrected chi connectivity index (χ4v) is 2.11. The molecule has 0 heterocycles. The van der Waals surface area contributed by atoms with Gasteiger partial charge in [-0.05, 0) is 43.8 Å². The summed E-state index contributed by atoms with van der Waals surface area (Å²) in [7, 11) is 1.68. The first-order valence-corrected chi connectivity index (χ1v) is 8.03. The molecule has 108 valence electrons. The molecule has 0 radical (unpaired) electrons. The minimum atomic E-state index is 0.653. The highest BCUT2D eigenvalue weighted by atomic mass is 32.2. The summed E-state index contributed by atoms with van der Waals surface area (Å²) in [6.07, 6.45) is 3.34. The van der Waals surface area contributed by atoms with E-state index in [9.17, 15) is 0 Å². The van der Waals surface area contributed by atoms with E-state index in [1.54, 1.807) is 7.11 Å². The van der Waals surface area contributed by atoms with Crippen LogP contribution in [0.1, 0.15) is 25.8 Å². The first-order chi connectivity index (χ1) is 9.21. The monoisotopic (exact) mass is 283 g/mol. The Morgan fingerprint density at radius 2 is 2.11 bits per heavy atom. The summed E-state index contributed by atoms with van der Waals surface area (Å²) in [6, 6.07) is 6.10. The molecule has 0 fully saturated rings. The molecule has 0 spiro atoms. The van der Waals surface area contributed by atoms with E-state index in [1.165, 1.54) is 12.0 Å². The van der Waals surface area contributed by atoms with Crippen LogP contribution < -0.4 is 14.8 Å². The van der Waals surface area contributed by atoms with E-state index in [2.05, 4.69) is 24.6 Å². The summed E-state index contributed by atoms with van der Waals surface area (Å²) in [5.41, 5.74) is 1.22. The molecule has 0 amide bonds. The second-order valence-corrected chi connectivity index (χ2v) is 5.71. The minimum absolute atomic E-state index is 0.653. The van der Waals surface area contributed by atoms with Crippen molar-refractivity contribution in [3.8, 4) is 11.5 Å². The van der Waals surface area contributed by atoms with Crippen LogP contribution in [0.25, 0.3) is 0 Å². The van der Waals surface area contributed by atoms with Crippen LogP contribution in [0.5, 0.6) is 11.5 Å². The first-order valence-electron chi connectivity index (χ1n) is 6.74. The van der Waals surface area contributed by atoms with Crippen LogP contribution in [0.3, 0.4) is 0 Å². The van der Waals surface area contributed by atoms with Crippen molar-refractivity contribution < 1.29 is 9.47 Å². The lowest BCUT2D eigenvalue weighted by molar-refractivity contribution is 0.310. The van der Waals surface area contributed by atoms with Gasteiger partial charge in [0.25, 0.3) is 0 Å². The standard InChI is InChI=1S/C15H25NO2S/c1-5-18-14-7-6-13(10-15(14)17-3)11-16-9-8-12(2)19-4/h6-7,10,12,16H,5,8-9,11H2,1-4H3. The molecule has 0 aliphatic carbocycles. The van der Waals surface area contributed by atoms with Gasteiger partial charge >= 0.3 is 0 Å². The summed E-state index contributed by atoms with van der Waals surface area (Å²) >= 11 is 1.91. The van der Waals surface area contributed by atoms with Gasteiger partial charge < -0.3 is 14.8 Å². The predicted molar refractivity (Wildman–Crippen MR) is 83.5 cm³/mol. The quantitative estimate of drug-likeness (QED) is 0.704. The first kappa shape index (κ1) is 16.2. The van der Waals surface area contributed by atoms with Crippen LogP contribution in [-0.4, -0.2) is 31.8 Å². The van der Waals surface area contributed by atoms with Crippen LogP contribution in [0.15, 0.2) is 18.2 Å². The highest BCUT2D eigenvalue weighted by Gasteiger charge is 2.05. The molecule has 1 atom stereocenters. The van der Waals surface area contributed by atoms with Crippen LogP contribution in [0.4, 0.5) is 0 Å². The Balaban J connectivity index is 2.46.